The van der Waals surface area contributed by atoms with E-state index in [0.29, 0.717) is 18.0 Å². The van der Waals surface area contributed by atoms with Gasteiger partial charge in [-0.3, -0.25) is 0 Å². The number of nitrogens with zero attached hydrogens (tertiary/aromatic N) is 1. The van der Waals surface area contributed by atoms with Gasteiger partial charge >= 0.3 is 6.18 Å². The van der Waals surface area contributed by atoms with Gasteiger partial charge in [0.1, 0.15) is 0 Å². The van der Waals surface area contributed by atoms with Crippen molar-refractivity contribution in [3.05, 3.63) is 16.1 Å². The fourth-order valence-electron chi connectivity index (χ4n) is 2.36. The van der Waals surface area contributed by atoms with E-state index in [9.17, 15) is 13.2 Å². The van der Waals surface area contributed by atoms with Gasteiger partial charge in [-0.15, -0.1) is 11.3 Å². The SMILES string of the molecule is CCNC(c1cnc(C(F)(F)F)s1)C1COC(C)C1. The maximum absolute atomic E-state index is 12.6. The summed E-state index contributed by atoms with van der Waals surface area (Å²) in [5.41, 5.74) is 0. The molecular formula is C12H17F3N2OS. The number of hydrogen-bond donors (Lipinski definition) is 1. The molecule has 1 aromatic heterocycles. The molecule has 1 aromatic rings. The van der Waals surface area contributed by atoms with Crippen molar-refractivity contribution in [3.63, 3.8) is 0 Å². The van der Waals surface area contributed by atoms with Gasteiger partial charge in [0, 0.05) is 23.0 Å². The van der Waals surface area contributed by atoms with Crippen LogP contribution in [0.25, 0.3) is 0 Å². The van der Waals surface area contributed by atoms with Gasteiger partial charge in [-0.05, 0) is 19.9 Å². The van der Waals surface area contributed by atoms with Crippen molar-refractivity contribution in [1.29, 1.82) is 0 Å². The predicted molar refractivity (Wildman–Crippen MR) is 67.1 cm³/mol. The molecule has 0 spiro atoms. The highest BCUT2D eigenvalue weighted by molar-refractivity contribution is 7.11. The van der Waals surface area contributed by atoms with Gasteiger partial charge in [0.2, 0.25) is 0 Å². The molecule has 3 nitrogen and oxygen atoms in total. The fourth-order valence-corrected chi connectivity index (χ4v) is 3.32. The molecule has 1 saturated heterocycles. The third-order valence-corrected chi connectivity index (χ3v) is 4.32. The summed E-state index contributed by atoms with van der Waals surface area (Å²) in [5, 5.41) is 2.47. The number of hydrogen-bond acceptors (Lipinski definition) is 4. The first-order chi connectivity index (χ1) is 8.91. The highest BCUT2D eigenvalue weighted by Gasteiger charge is 2.37. The summed E-state index contributed by atoms with van der Waals surface area (Å²) in [5.74, 6) is 0.205. The van der Waals surface area contributed by atoms with Gasteiger partial charge in [-0.2, -0.15) is 13.2 Å². The lowest BCUT2D eigenvalue weighted by atomic mass is 9.96. The van der Waals surface area contributed by atoms with Crippen molar-refractivity contribution < 1.29 is 17.9 Å². The summed E-state index contributed by atoms with van der Waals surface area (Å²) in [6, 6.07) is -0.108. The van der Waals surface area contributed by atoms with Crippen LogP contribution in [0, 0.1) is 5.92 Å². The van der Waals surface area contributed by atoms with Crippen LogP contribution in [-0.2, 0) is 10.9 Å². The van der Waals surface area contributed by atoms with E-state index in [0.717, 1.165) is 17.8 Å². The van der Waals surface area contributed by atoms with E-state index in [1.165, 1.54) is 6.20 Å². The summed E-state index contributed by atoms with van der Waals surface area (Å²) >= 11 is 0.722. The minimum atomic E-state index is -4.36. The second-order valence-corrected chi connectivity index (χ2v) is 5.80. The normalized spacial score (nSPS) is 25.7. The molecule has 3 unspecified atom stereocenters. The zero-order chi connectivity index (χ0) is 14.0. The molecule has 3 atom stereocenters. The fraction of sp³-hybridized carbons (Fsp3) is 0.750. The second-order valence-electron chi connectivity index (χ2n) is 4.74. The zero-order valence-electron chi connectivity index (χ0n) is 10.8. The Bertz CT molecular complexity index is 421. The standard InChI is InChI=1S/C12H17F3N2OS/c1-3-16-10(8-4-7(2)18-6-8)9-5-17-11(19-9)12(13,14)15/h5,7-8,10,16H,3-4,6H2,1-2H3. The van der Waals surface area contributed by atoms with Gasteiger partial charge in [0.15, 0.2) is 5.01 Å². The van der Waals surface area contributed by atoms with Crippen molar-refractivity contribution >= 4 is 11.3 Å². The molecule has 19 heavy (non-hydrogen) atoms. The van der Waals surface area contributed by atoms with Crippen LogP contribution in [0.4, 0.5) is 13.2 Å². The molecule has 1 fully saturated rings. The van der Waals surface area contributed by atoms with Crippen molar-refractivity contribution in [2.75, 3.05) is 13.2 Å². The number of alkyl halides is 3. The Labute approximate surface area is 114 Å². The molecule has 0 radical (unpaired) electrons. The van der Waals surface area contributed by atoms with Gasteiger partial charge in [-0.25, -0.2) is 4.98 Å². The highest BCUT2D eigenvalue weighted by Crippen LogP contribution is 2.38. The van der Waals surface area contributed by atoms with E-state index in [2.05, 4.69) is 10.3 Å². The lowest BCUT2D eigenvalue weighted by Gasteiger charge is -2.21. The first kappa shape index (κ1) is 14.7. The van der Waals surface area contributed by atoms with Crippen LogP contribution in [0.1, 0.15) is 36.2 Å². The third kappa shape index (κ3) is 3.46. The topological polar surface area (TPSA) is 34.2 Å². The number of nitrogens with one attached hydrogen (secondary N) is 1. The van der Waals surface area contributed by atoms with E-state index in [1.807, 2.05) is 13.8 Å². The van der Waals surface area contributed by atoms with Crippen molar-refractivity contribution in [3.8, 4) is 0 Å². The summed E-state index contributed by atoms with van der Waals surface area (Å²) in [6.07, 6.45) is -2.00. The molecule has 1 aliphatic heterocycles. The second kappa shape index (κ2) is 5.76. The first-order valence-corrected chi connectivity index (χ1v) is 7.11. The molecule has 0 aromatic carbocycles. The zero-order valence-corrected chi connectivity index (χ0v) is 11.6. The van der Waals surface area contributed by atoms with E-state index >= 15 is 0 Å². The molecule has 7 heteroatoms. The Kier molecular flexibility index (Phi) is 4.47. The Morgan fingerprint density at radius 1 is 1.58 bits per heavy atom. The minimum absolute atomic E-state index is 0.108. The van der Waals surface area contributed by atoms with Gasteiger partial charge < -0.3 is 10.1 Å². The van der Waals surface area contributed by atoms with E-state index in [1.54, 1.807) is 0 Å². The van der Waals surface area contributed by atoms with Gasteiger partial charge in [-0.1, -0.05) is 6.92 Å². The monoisotopic (exact) mass is 294 g/mol. The van der Waals surface area contributed by atoms with Crippen LogP contribution in [-0.4, -0.2) is 24.2 Å². The number of halogens is 3. The Morgan fingerprint density at radius 2 is 2.32 bits per heavy atom. The molecule has 0 saturated carbocycles. The highest BCUT2D eigenvalue weighted by atomic mass is 32.1. The van der Waals surface area contributed by atoms with Crippen molar-refractivity contribution in [1.82, 2.24) is 10.3 Å². The first-order valence-electron chi connectivity index (χ1n) is 6.29. The van der Waals surface area contributed by atoms with Crippen LogP contribution < -0.4 is 5.32 Å². The third-order valence-electron chi connectivity index (χ3n) is 3.20. The van der Waals surface area contributed by atoms with E-state index in [4.69, 9.17) is 4.74 Å². The average Bonchev–Trinajstić information content (AvgIpc) is 2.93. The van der Waals surface area contributed by atoms with Crippen molar-refractivity contribution in [2.45, 2.75) is 38.6 Å². The minimum Gasteiger partial charge on any atom is -0.378 e. The Balaban J connectivity index is 2.17. The van der Waals surface area contributed by atoms with Crippen LogP contribution in [0.5, 0.6) is 0 Å². The maximum Gasteiger partial charge on any atom is 0.443 e. The lowest BCUT2D eigenvalue weighted by molar-refractivity contribution is -0.137. The van der Waals surface area contributed by atoms with Crippen molar-refractivity contribution in [2.24, 2.45) is 5.92 Å². The molecule has 2 rings (SSSR count). The average molecular weight is 294 g/mol. The van der Waals surface area contributed by atoms with Crippen LogP contribution >= 0.6 is 11.3 Å². The van der Waals surface area contributed by atoms with Crippen LogP contribution in [0.15, 0.2) is 6.20 Å². The molecular weight excluding hydrogens is 277 g/mol. The maximum atomic E-state index is 12.6. The summed E-state index contributed by atoms with van der Waals surface area (Å²) < 4.78 is 43.3. The molecule has 2 heterocycles. The quantitative estimate of drug-likeness (QED) is 0.925. The summed E-state index contributed by atoms with van der Waals surface area (Å²) in [4.78, 5) is 4.13. The predicted octanol–water partition coefficient (Wildman–Crippen LogP) is 3.24. The number of ether oxygens (including phenoxy) is 1. The van der Waals surface area contributed by atoms with Crippen LogP contribution in [0.3, 0.4) is 0 Å². The van der Waals surface area contributed by atoms with E-state index in [-0.39, 0.29) is 18.1 Å². The van der Waals surface area contributed by atoms with Gasteiger partial charge in [0.25, 0.3) is 0 Å². The Morgan fingerprint density at radius 3 is 2.79 bits per heavy atom. The molecule has 1 N–H and O–H groups in total. The molecule has 1 aliphatic rings. The van der Waals surface area contributed by atoms with Crippen LogP contribution in [0.2, 0.25) is 0 Å². The number of rotatable bonds is 4. The Hall–Kier alpha value is -0.660. The number of aromatic nitrogens is 1. The molecule has 0 amide bonds. The lowest BCUT2D eigenvalue weighted by Crippen LogP contribution is -2.28. The van der Waals surface area contributed by atoms with E-state index < -0.39 is 11.2 Å². The molecule has 108 valence electrons. The summed E-state index contributed by atoms with van der Waals surface area (Å²) in [6.45, 7) is 5.21. The largest absolute Gasteiger partial charge is 0.443 e. The molecule has 0 bridgehead atoms. The number of thiazole rings is 1. The van der Waals surface area contributed by atoms with Gasteiger partial charge in [0.05, 0.1) is 12.7 Å². The summed E-state index contributed by atoms with van der Waals surface area (Å²) in [7, 11) is 0. The smallest absolute Gasteiger partial charge is 0.378 e. The molecule has 0 aliphatic carbocycles.